The Hall–Kier alpha value is -1.56. The van der Waals surface area contributed by atoms with Gasteiger partial charge in [-0.1, -0.05) is 0 Å². The van der Waals surface area contributed by atoms with E-state index in [-0.39, 0.29) is 18.3 Å². The number of hydrogen-bond donors (Lipinski definition) is 3. The molecule has 0 saturated carbocycles. The molecule has 1 aromatic heterocycles. The van der Waals surface area contributed by atoms with Gasteiger partial charge in [0.05, 0.1) is 6.61 Å². The maximum Gasteiger partial charge on any atom is 0.254 e. The smallest absolute Gasteiger partial charge is 0.254 e. The zero-order valence-electron chi connectivity index (χ0n) is 11.2. The number of aryl methyl sites for hydroxylation is 1. The molecular weight excluding hydrogens is 278 g/mol. The number of aromatic nitrogens is 1. The van der Waals surface area contributed by atoms with E-state index >= 15 is 0 Å². The molecule has 2 heterocycles. The van der Waals surface area contributed by atoms with E-state index in [1.807, 2.05) is 25.1 Å². The van der Waals surface area contributed by atoms with Crippen molar-refractivity contribution in [3.63, 3.8) is 0 Å². The summed E-state index contributed by atoms with van der Waals surface area (Å²) < 4.78 is 5.42. The van der Waals surface area contributed by atoms with Crippen LogP contribution in [0.15, 0.2) is 24.3 Å². The lowest BCUT2D eigenvalue weighted by molar-refractivity contribution is -0.128. The standard InChI is InChI=1S/C14H17N3O2.ClH/c1-9-6-10-7-11(2-3-12(10)16-9)17-14(18)13-8-15-4-5-19-13;/h2-3,6-7,13,15-16H,4-5,8H2,1H3,(H,17,18);1H/t13-;/m1./s1. The van der Waals surface area contributed by atoms with Crippen LogP contribution in [-0.2, 0) is 9.53 Å². The van der Waals surface area contributed by atoms with Gasteiger partial charge >= 0.3 is 0 Å². The predicted octanol–water partition coefficient (Wildman–Crippen LogP) is 1.83. The number of amides is 1. The van der Waals surface area contributed by atoms with Gasteiger partial charge in [-0.15, -0.1) is 12.4 Å². The number of benzene rings is 1. The molecule has 0 aliphatic carbocycles. The molecule has 0 radical (unpaired) electrons. The van der Waals surface area contributed by atoms with Crippen LogP contribution in [0.3, 0.4) is 0 Å². The SMILES string of the molecule is Cc1cc2cc(NC(=O)[C@H]3CNCCO3)ccc2[nH]1.Cl. The Balaban J connectivity index is 0.00000147. The van der Waals surface area contributed by atoms with Crippen LogP contribution in [0, 0.1) is 6.92 Å². The lowest BCUT2D eigenvalue weighted by atomic mass is 10.2. The van der Waals surface area contributed by atoms with Gasteiger partial charge in [-0.25, -0.2) is 0 Å². The zero-order chi connectivity index (χ0) is 13.2. The topological polar surface area (TPSA) is 66.2 Å². The van der Waals surface area contributed by atoms with Crippen molar-refractivity contribution in [2.24, 2.45) is 0 Å². The predicted molar refractivity (Wildman–Crippen MR) is 81.5 cm³/mol. The summed E-state index contributed by atoms with van der Waals surface area (Å²) in [5, 5.41) is 7.13. The van der Waals surface area contributed by atoms with Gasteiger partial charge in [0, 0.05) is 35.4 Å². The number of carbonyl (C=O) groups is 1. The van der Waals surface area contributed by atoms with E-state index in [1.165, 1.54) is 0 Å². The highest BCUT2D eigenvalue weighted by Gasteiger charge is 2.21. The van der Waals surface area contributed by atoms with E-state index in [9.17, 15) is 4.79 Å². The summed E-state index contributed by atoms with van der Waals surface area (Å²) in [6.07, 6.45) is -0.405. The maximum atomic E-state index is 12.0. The van der Waals surface area contributed by atoms with Gasteiger partial charge in [-0.05, 0) is 31.2 Å². The van der Waals surface area contributed by atoms with Gasteiger partial charge < -0.3 is 20.4 Å². The third kappa shape index (κ3) is 3.12. The Morgan fingerprint density at radius 1 is 1.40 bits per heavy atom. The number of halogens is 1. The quantitative estimate of drug-likeness (QED) is 0.792. The molecule has 3 N–H and O–H groups in total. The van der Waals surface area contributed by atoms with Gasteiger partial charge in [-0.2, -0.15) is 0 Å². The summed E-state index contributed by atoms with van der Waals surface area (Å²) >= 11 is 0. The van der Waals surface area contributed by atoms with Gasteiger partial charge in [0.2, 0.25) is 0 Å². The molecule has 6 heteroatoms. The molecule has 1 amide bonds. The van der Waals surface area contributed by atoms with Crippen molar-refractivity contribution in [1.82, 2.24) is 10.3 Å². The number of morpholine rings is 1. The van der Waals surface area contributed by atoms with Crippen LogP contribution in [0.2, 0.25) is 0 Å². The van der Waals surface area contributed by atoms with E-state index in [0.29, 0.717) is 13.2 Å². The number of aromatic amines is 1. The average Bonchev–Trinajstić information content (AvgIpc) is 2.79. The summed E-state index contributed by atoms with van der Waals surface area (Å²) in [6, 6.07) is 7.89. The van der Waals surface area contributed by atoms with Crippen LogP contribution in [0.25, 0.3) is 10.9 Å². The molecule has 5 nitrogen and oxygen atoms in total. The fraction of sp³-hybridized carbons (Fsp3) is 0.357. The van der Waals surface area contributed by atoms with Crippen LogP contribution in [0.1, 0.15) is 5.69 Å². The van der Waals surface area contributed by atoms with E-state index in [0.717, 1.165) is 28.8 Å². The Kier molecular flexibility index (Phi) is 4.65. The van der Waals surface area contributed by atoms with Gasteiger partial charge in [0.15, 0.2) is 0 Å². The van der Waals surface area contributed by atoms with Crippen LogP contribution >= 0.6 is 12.4 Å². The van der Waals surface area contributed by atoms with Crippen molar-refractivity contribution in [3.05, 3.63) is 30.0 Å². The van der Waals surface area contributed by atoms with Crippen LogP contribution in [0.5, 0.6) is 0 Å². The van der Waals surface area contributed by atoms with Gasteiger partial charge in [-0.3, -0.25) is 4.79 Å². The first-order valence-electron chi connectivity index (χ1n) is 6.45. The van der Waals surface area contributed by atoms with Crippen molar-refractivity contribution < 1.29 is 9.53 Å². The van der Waals surface area contributed by atoms with Crippen molar-refractivity contribution >= 4 is 34.9 Å². The largest absolute Gasteiger partial charge is 0.366 e. The summed E-state index contributed by atoms with van der Waals surface area (Å²) in [5.41, 5.74) is 2.98. The number of hydrogen-bond acceptors (Lipinski definition) is 3. The minimum atomic E-state index is -0.405. The fourth-order valence-electron chi connectivity index (χ4n) is 2.31. The highest BCUT2D eigenvalue weighted by molar-refractivity contribution is 5.96. The number of ether oxygens (including phenoxy) is 1. The van der Waals surface area contributed by atoms with Crippen molar-refractivity contribution in [3.8, 4) is 0 Å². The van der Waals surface area contributed by atoms with Crippen molar-refractivity contribution in [2.75, 3.05) is 25.0 Å². The molecule has 1 atom stereocenters. The second kappa shape index (κ2) is 6.26. The number of H-pyrrole nitrogens is 1. The first-order valence-corrected chi connectivity index (χ1v) is 6.45. The Labute approximate surface area is 123 Å². The zero-order valence-corrected chi connectivity index (χ0v) is 12.0. The molecule has 3 rings (SSSR count). The maximum absolute atomic E-state index is 12.0. The summed E-state index contributed by atoms with van der Waals surface area (Å²) in [4.78, 5) is 15.3. The molecule has 1 aromatic carbocycles. The molecule has 20 heavy (non-hydrogen) atoms. The molecule has 0 bridgehead atoms. The number of rotatable bonds is 2. The Bertz CT molecular complexity index is 605. The molecular formula is C14H18ClN3O2. The van der Waals surface area contributed by atoms with Crippen LogP contribution in [-0.4, -0.2) is 36.7 Å². The number of anilines is 1. The molecule has 1 aliphatic heterocycles. The number of fused-ring (bicyclic) bond motifs is 1. The van der Waals surface area contributed by atoms with Gasteiger partial charge in [0.25, 0.3) is 5.91 Å². The van der Waals surface area contributed by atoms with E-state index in [2.05, 4.69) is 21.7 Å². The summed E-state index contributed by atoms with van der Waals surface area (Å²) in [5.74, 6) is -0.0983. The molecule has 1 saturated heterocycles. The summed E-state index contributed by atoms with van der Waals surface area (Å²) in [6.45, 7) is 3.96. The third-order valence-electron chi connectivity index (χ3n) is 3.24. The number of nitrogens with one attached hydrogen (secondary N) is 3. The first kappa shape index (κ1) is 14.8. The van der Waals surface area contributed by atoms with E-state index < -0.39 is 6.10 Å². The monoisotopic (exact) mass is 295 g/mol. The minimum Gasteiger partial charge on any atom is -0.366 e. The molecule has 0 spiro atoms. The fourth-order valence-corrected chi connectivity index (χ4v) is 2.31. The van der Waals surface area contributed by atoms with Crippen molar-refractivity contribution in [1.29, 1.82) is 0 Å². The molecule has 1 aliphatic rings. The highest BCUT2D eigenvalue weighted by Crippen LogP contribution is 2.20. The highest BCUT2D eigenvalue weighted by atomic mass is 35.5. The number of carbonyl (C=O) groups excluding carboxylic acids is 1. The lowest BCUT2D eigenvalue weighted by Gasteiger charge is -2.22. The van der Waals surface area contributed by atoms with Gasteiger partial charge in [0.1, 0.15) is 6.10 Å². The first-order chi connectivity index (χ1) is 9.22. The molecule has 1 fully saturated rings. The second-order valence-electron chi connectivity index (χ2n) is 4.81. The Morgan fingerprint density at radius 3 is 3.00 bits per heavy atom. The van der Waals surface area contributed by atoms with E-state index in [1.54, 1.807) is 0 Å². The van der Waals surface area contributed by atoms with Crippen molar-refractivity contribution in [2.45, 2.75) is 13.0 Å². The average molecular weight is 296 g/mol. The second-order valence-corrected chi connectivity index (χ2v) is 4.81. The normalized spacial score (nSPS) is 18.6. The summed E-state index contributed by atoms with van der Waals surface area (Å²) in [7, 11) is 0. The molecule has 2 aromatic rings. The minimum absolute atomic E-state index is 0. The van der Waals surface area contributed by atoms with Crippen LogP contribution < -0.4 is 10.6 Å². The van der Waals surface area contributed by atoms with E-state index in [4.69, 9.17) is 4.74 Å². The third-order valence-corrected chi connectivity index (χ3v) is 3.24. The molecule has 0 unspecified atom stereocenters. The molecule has 108 valence electrons. The van der Waals surface area contributed by atoms with Crippen LogP contribution in [0.4, 0.5) is 5.69 Å². The Morgan fingerprint density at radius 2 is 2.25 bits per heavy atom. The lowest BCUT2D eigenvalue weighted by Crippen LogP contribution is -2.45.